The summed E-state index contributed by atoms with van der Waals surface area (Å²) < 4.78 is 45.1. The quantitative estimate of drug-likeness (QED) is 0.219. The molecular formula is C29H22ClNO7S. The van der Waals surface area contributed by atoms with Crippen molar-refractivity contribution in [3.63, 3.8) is 0 Å². The van der Waals surface area contributed by atoms with Gasteiger partial charge in [0.25, 0.3) is 21.9 Å². The van der Waals surface area contributed by atoms with E-state index in [0.717, 1.165) is 0 Å². The van der Waals surface area contributed by atoms with Gasteiger partial charge in [-0.05, 0) is 55.0 Å². The van der Waals surface area contributed by atoms with Gasteiger partial charge < -0.3 is 19.0 Å². The highest BCUT2D eigenvalue weighted by Gasteiger charge is 2.22. The van der Waals surface area contributed by atoms with E-state index in [0.29, 0.717) is 33.6 Å². The van der Waals surface area contributed by atoms with E-state index >= 15 is 0 Å². The third-order valence-electron chi connectivity index (χ3n) is 5.87. The van der Waals surface area contributed by atoms with Crippen LogP contribution in [0.5, 0.6) is 23.2 Å². The number of halogens is 1. The van der Waals surface area contributed by atoms with Crippen molar-refractivity contribution in [1.82, 2.24) is 4.72 Å². The van der Waals surface area contributed by atoms with E-state index < -0.39 is 15.9 Å². The summed E-state index contributed by atoms with van der Waals surface area (Å²) >= 11 is 5.93. The maximum Gasteiger partial charge on any atom is 0.291 e. The van der Waals surface area contributed by atoms with Crippen molar-refractivity contribution in [3.05, 3.63) is 113 Å². The standard InChI is InChI=1S/C29H22ClNO7S/c1-18-6-2-5-9-27(18)39(34,35)31-29(33)23-8-4-3-7-19(23)17-36-21-11-13-26-20(14-21)15-28(38-26)37-22-10-12-25(32)24(30)16-22/h2-16,32H,17H2,1H3,(H,31,33). The predicted molar refractivity (Wildman–Crippen MR) is 146 cm³/mol. The minimum absolute atomic E-state index is 0.0206. The molecule has 2 N–H and O–H groups in total. The second kappa shape index (κ2) is 10.7. The van der Waals surface area contributed by atoms with Crippen LogP contribution in [0.1, 0.15) is 21.5 Å². The van der Waals surface area contributed by atoms with Crippen LogP contribution in [0.25, 0.3) is 11.0 Å². The number of hydrogen-bond donors (Lipinski definition) is 2. The van der Waals surface area contributed by atoms with Gasteiger partial charge in [-0.2, -0.15) is 0 Å². The summed E-state index contributed by atoms with van der Waals surface area (Å²) in [7, 11) is -4.05. The van der Waals surface area contributed by atoms with Crippen molar-refractivity contribution < 1.29 is 32.2 Å². The first-order valence-electron chi connectivity index (χ1n) is 11.7. The van der Waals surface area contributed by atoms with Gasteiger partial charge >= 0.3 is 0 Å². The Morgan fingerprint density at radius 2 is 1.69 bits per heavy atom. The van der Waals surface area contributed by atoms with Crippen LogP contribution in [0.15, 0.2) is 100 Å². The molecule has 8 nitrogen and oxygen atoms in total. The monoisotopic (exact) mass is 563 g/mol. The number of benzene rings is 4. The molecule has 0 saturated carbocycles. The third-order valence-corrected chi connectivity index (χ3v) is 7.66. The van der Waals surface area contributed by atoms with Gasteiger partial charge in [0.1, 0.15) is 29.4 Å². The highest BCUT2D eigenvalue weighted by Crippen LogP contribution is 2.34. The van der Waals surface area contributed by atoms with Crippen molar-refractivity contribution in [2.75, 3.05) is 0 Å². The summed E-state index contributed by atoms with van der Waals surface area (Å²) in [6.07, 6.45) is 0. The van der Waals surface area contributed by atoms with E-state index in [2.05, 4.69) is 4.72 Å². The van der Waals surface area contributed by atoms with Crippen molar-refractivity contribution >= 4 is 38.5 Å². The number of carbonyl (C=O) groups is 1. The molecule has 10 heteroatoms. The van der Waals surface area contributed by atoms with E-state index in [1.807, 2.05) is 0 Å². The second-order valence-electron chi connectivity index (χ2n) is 8.63. The average Bonchev–Trinajstić information content (AvgIpc) is 3.31. The minimum atomic E-state index is -4.05. The van der Waals surface area contributed by atoms with Crippen LogP contribution < -0.4 is 14.2 Å². The molecular weight excluding hydrogens is 542 g/mol. The number of ether oxygens (including phenoxy) is 2. The zero-order valence-corrected chi connectivity index (χ0v) is 22.1. The number of hydrogen-bond acceptors (Lipinski definition) is 7. The molecule has 0 saturated heterocycles. The molecule has 1 aromatic heterocycles. The molecule has 0 fully saturated rings. The number of nitrogens with one attached hydrogen (secondary N) is 1. The number of sulfonamides is 1. The zero-order valence-electron chi connectivity index (χ0n) is 20.6. The van der Waals surface area contributed by atoms with Crippen LogP contribution in [0.2, 0.25) is 5.02 Å². The van der Waals surface area contributed by atoms with Gasteiger partial charge in [-0.15, -0.1) is 0 Å². The van der Waals surface area contributed by atoms with Crippen molar-refractivity contribution in [1.29, 1.82) is 0 Å². The summed E-state index contributed by atoms with van der Waals surface area (Å²) in [5, 5.41) is 10.4. The molecule has 4 aromatic carbocycles. The molecule has 5 aromatic rings. The van der Waals surface area contributed by atoms with Crippen LogP contribution in [-0.2, 0) is 16.6 Å². The first-order valence-corrected chi connectivity index (χ1v) is 13.6. The van der Waals surface area contributed by atoms with E-state index in [-0.39, 0.29) is 33.8 Å². The minimum Gasteiger partial charge on any atom is -0.506 e. The summed E-state index contributed by atoms with van der Waals surface area (Å²) in [5.74, 6) is 0.319. The summed E-state index contributed by atoms with van der Waals surface area (Å²) in [6.45, 7) is 1.68. The molecule has 0 aliphatic carbocycles. The Labute approximate surface area is 229 Å². The molecule has 0 spiro atoms. The van der Waals surface area contributed by atoms with Crippen molar-refractivity contribution in [3.8, 4) is 23.2 Å². The van der Waals surface area contributed by atoms with Gasteiger partial charge in [-0.25, -0.2) is 13.1 Å². The van der Waals surface area contributed by atoms with Gasteiger partial charge in [0.15, 0.2) is 0 Å². The smallest absolute Gasteiger partial charge is 0.291 e. The number of carbonyl (C=O) groups excluding carboxylic acids is 1. The van der Waals surface area contributed by atoms with Gasteiger partial charge in [-0.1, -0.05) is 48.0 Å². The second-order valence-corrected chi connectivity index (χ2v) is 10.7. The van der Waals surface area contributed by atoms with E-state index in [1.165, 1.54) is 18.2 Å². The topological polar surface area (TPSA) is 115 Å². The molecule has 1 heterocycles. The Bertz CT molecular complexity index is 1800. The SMILES string of the molecule is Cc1ccccc1S(=O)(=O)NC(=O)c1ccccc1COc1ccc2oc(Oc3ccc(O)c(Cl)c3)cc2c1. The summed E-state index contributed by atoms with van der Waals surface area (Å²) in [4.78, 5) is 13.0. The summed E-state index contributed by atoms with van der Waals surface area (Å²) in [6, 6.07) is 24.4. The largest absolute Gasteiger partial charge is 0.506 e. The Morgan fingerprint density at radius 3 is 2.49 bits per heavy atom. The number of phenolic OH excluding ortho intramolecular Hbond substituents is 1. The predicted octanol–water partition coefficient (Wildman–Crippen LogP) is 6.59. The molecule has 0 aliphatic heterocycles. The molecule has 5 rings (SSSR count). The fraction of sp³-hybridized carbons (Fsp3) is 0.0690. The summed E-state index contributed by atoms with van der Waals surface area (Å²) in [5.41, 5.74) is 1.78. The Kier molecular flexibility index (Phi) is 7.19. The Balaban J connectivity index is 1.30. The highest BCUT2D eigenvalue weighted by molar-refractivity contribution is 7.90. The molecule has 1 amide bonds. The fourth-order valence-corrected chi connectivity index (χ4v) is 5.31. The average molecular weight is 564 g/mol. The van der Waals surface area contributed by atoms with Gasteiger partial charge in [-0.3, -0.25) is 4.79 Å². The lowest BCUT2D eigenvalue weighted by Crippen LogP contribution is -2.31. The highest BCUT2D eigenvalue weighted by atomic mass is 35.5. The van der Waals surface area contributed by atoms with Crippen LogP contribution in [0.4, 0.5) is 0 Å². The lowest BCUT2D eigenvalue weighted by molar-refractivity contribution is 0.0979. The van der Waals surface area contributed by atoms with Crippen LogP contribution in [0, 0.1) is 6.92 Å². The van der Waals surface area contributed by atoms with Gasteiger partial charge in [0.05, 0.1) is 9.92 Å². The Hall–Kier alpha value is -4.47. The number of aromatic hydroxyl groups is 1. The molecule has 198 valence electrons. The van der Waals surface area contributed by atoms with Crippen LogP contribution >= 0.6 is 11.6 Å². The van der Waals surface area contributed by atoms with E-state index in [1.54, 1.807) is 79.7 Å². The normalized spacial score (nSPS) is 11.3. The molecule has 0 unspecified atom stereocenters. The van der Waals surface area contributed by atoms with E-state index in [9.17, 15) is 18.3 Å². The lowest BCUT2D eigenvalue weighted by Gasteiger charge is -2.13. The number of amides is 1. The number of aryl methyl sites for hydroxylation is 1. The Morgan fingerprint density at radius 1 is 0.949 bits per heavy atom. The first-order chi connectivity index (χ1) is 18.7. The maximum atomic E-state index is 13.0. The molecule has 0 atom stereocenters. The van der Waals surface area contributed by atoms with Gasteiger partial charge in [0, 0.05) is 28.6 Å². The maximum absolute atomic E-state index is 13.0. The number of fused-ring (bicyclic) bond motifs is 1. The molecule has 0 bridgehead atoms. The van der Waals surface area contributed by atoms with Crippen LogP contribution in [0.3, 0.4) is 0 Å². The van der Waals surface area contributed by atoms with Crippen molar-refractivity contribution in [2.45, 2.75) is 18.4 Å². The molecule has 0 aliphatic rings. The van der Waals surface area contributed by atoms with E-state index in [4.69, 9.17) is 25.5 Å². The number of rotatable bonds is 8. The zero-order chi connectivity index (χ0) is 27.6. The van der Waals surface area contributed by atoms with Gasteiger partial charge in [0.2, 0.25) is 0 Å². The number of furan rings is 1. The molecule has 0 radical (unpaired) electrons. The fourth-order valence-electron chi connectivity index (χ4n) is 3.92. The van der Waals surface area contributed by atoms with Crippen LogP contribution in [-0.4, -0.2) is 19.4 Å². The lowest BCUT2D eigenvalue weighted by atomic mass is 10.1. The van der Waals surface area contributed by atoms with Crippen molar-refractivity contribution in [2.24, 2.45) is 0 Å². The first kappa shape index (κ1) is 26.1. The third kappa shape index (κ3) is 5.84. The number of phenols is 1. The molecule has 39 heavy (non-hydrogen) atoms.